The minimum absolute atomic E-state index is 0.0490. The van der Waals surface area contributed by atoms with Crippen molar-refractivity contribution in [2.75, 3.05) is 27.4 Å². The van der Waals surface area contributed by atoms with Crippen LogP contribution in [0.25, 0.3) is 0 Å². The molecule has 20 heavy (non-hydrogen) atoms. The van der Waals surface area contributed by atoms with Crippen LogP contribution in [-0.4, -0.2) is 45.5 Å². The molecule has 1 aliphatic rings. The maximum atomic E-state index is 13.3. The average molecular weight is 283 g/mol. The van der Waals surface area contributed by atoms with E-state index in [0.717, 1.165) is 0 Å². The summed E-state index contributed by atoms with van der Waals surface area (Å²) in [6.45, 7) is 1.03. The van der Waals surface area contributed by atoms with Gasteiger partial charge in [-0.15, -0.1) is 0 Å². The molecule has 2 rings (SSSR count). The summed E-state index contributed by atoms with van der Waals surface area (Å²) in [4.78, 5) is 12.2. The summed E-state index contributed by atoms with van der Waals surface area (Å²) in [5, 5.41) is 2.88. The van der Waals surface area contributed by atoms with Crippen LogP contribution in [0.4, 0.5) is 4.39 Å². The normalized spacial score (nSPS) is 22.4. The zero-order chi connectivity index (χ0) is 14.5. The van der Waals surface area contributed by atoms with Crippen molar-refractivity contribution in [3.8, 4) is 5.75 Å². The summed E-state index contributed by atoms with van der Waals surface area (Å²) in [5.74, 6) is -0.727. The standard InChI is InChI=1S/C14H18FNO4/c1-18-12-7-9(3-4-10(12)15)14(17)16-11-5-6-20-8-13(11)19-2/h3-4,7,11,13H,5-6,8H2,1-2H3,(H,16,17)/t11-,13-/m1/s1. The van der Waals surface area contributed by atoms with Crippen LogP contribution in [0.1, 0.15) is 16.8 Å². The van der Waals surface area contributed by atoms with E-state index in [1.54, 1.807) is 7.11 Å². The number of halogens is 1. The Morgan fingerprint density at radius 3 is 2.95 bits per heavy atom. The number of benzene rings is 1. The van der Waals surface area contributed by atoms with Gasteiger partial charge in [-0.1, -0.05) is 0 Å². The van der Waals surface area contributed by atoms with E-state index < -0.39 is 5.82 Å². The molecule has 6 heteroatoms. The number of carbonyl (C=O) groups is 1. The molecule has 2 atom stereocenters. The Kier molecular flexibility index (Phi) is 4.92. The third kappa shape index (κ3) is 3.26. The zero-order valence-corrected chi connectivity index (χ0v) is 11.5. The summed E-state index contributed by atoms with van der Waals surface area (Å²) >= 11 is 0. The van der Waals surface area contributed by atoms with Crippen molar-refractivity contribution in [2.24, 2.45) is 0 Å². The largest absolute Gasteiger partial charge is 0.494 e. The van der Waals surface area contributed by atoms with E-state index in [9.17, 15) is 9.18 Å². The van der Waals surface area contributed by atoms with E-state index in [0.29, 0.717) is 25.2 Å². The van der Waals surface area contributed by atoms with E-state index in [1.807, 2.05) is 0 Å². The topological polar surface area (TPSA) is 56.8 Å². The highest BCUT2D eigenvalue weighted by molar-refractivity contribution is 5.94. The van der Waals surface area contributed by atoms with Gasteiger partial charge < -0.3 is 19.5 Å². The van der Waals surface area contributed by atoms with Gasteiger partial charge in [0.25, 0.3) is 5.91 Å². The highest BCUT2D eigenvalue weighted by Gasteiger charge is 2.27. The predicted molar refractivity (Wildman–Crippen MR) is 70.4 cm³/mol. The van der Waals surface area contributed by atoms with Gasteiger partial charge in [-0.3, -0.25) is 4.79 Å². The third-order valence-corrected chi connectivity index (χ3v) is 3.34. The van der Waals surface area contributed by atoms with Crippen LogP contribution in [0, 0.1) is 5.82 Å². The lowest BCUT2D eigenvalue weighted by atomic mass is 10.1. The van der Waals surface area contributed by atoms with Crippen LogP contribution in [0.15, 0.2) is 18.2 Å². The predicted octanol–water partition coefficient (Wildman–Crippen LogP) is 1.37. The molecule has 0 aromatic heterocycles. The molecule has 0 unspecified atom stereocenters. The van der Waals surface area contributed by atoms with Crippen molar-refractivity contribution in [1.82, 2.24) is 5.32 Å². The van der Waals surface area contributed by atoms with Gasteiger partial charge in [-0.25, -0.2) is 4.39 Å². The molecule has 0 saturated carbocycles. The fourth-order valence-electron chi connectivity index (χ4n) is 2.16. The zero-order valence-electron chi connectivity index (χ0n) is 11.5. The highest BCUT2D eigenvalue weighted by atomic mass is 19.1. The fraction of sp³-hybridized carbons (Fsp3) is 0.500. The smallest absolute Gasteiger partial charge is 0.251 e. The van der Waals surface area contributed by atoms with E-state index in [1.165, 1.54) is 25.3 Å². The highest BCUT2D eigenvalue weighted by Crippen LogP contribution is 2.19. The van der Waals surface area contributed by atoms with Crippen molar-refractivity contribution < 1.29 is 23.4 Å². The van der Waals surface area contributed by atoms with Crippen LogP contribution in [-0.2, 0) is 9.47 Å². The van der Waals surface area contributed by atoms with Gasteiger partial charge in [-0.2, -0.15) is 0 Å². The van der Waals surface area contributed by atoms with Crippen LogP contribution in [0.3, 0.4) is 0 Å². The molecule has 1 heterocycles. The lowest BCUT2D eigenvalue weighted by Gasteiger charge is -2.31. The van der Waals surface area contributed by atoms with Crippen molar-refractivity contribution in [2.45, 2.75) is 18.6 Å². The molecule has 1 amide bonds. The minimum Gasteiger partial charge on any atom is -0.494 e. The monoisotopic (exact) mass is 283 g/mol. The third-order valence-electron chi connectivity index (χ3n) is 3.34. The molecule has 0 aliphatic carbocycles. The Morgan fingerprint density at radius 1 is 1.45 bits per heavy atom. The maximum Gasteiger partial charge on any atom is 0.251 e. The minimum atomic E-state index is -0.495. The molecular formula is C14H18FNO4. The number of carbonyl (C=O) groups excluding carboxylic acids is 1. The molecule has 1 aromatic carbocycles. The molecular weight excluding hydrogens is 265 g/mol. The number of rotatable bonds is 4. The summed E-state index contributed by atoms with van der Waals surface area (Å²) < 4.78 is 28.8. The van der Waals surface area contributed by atoms with Crippen LogP contribution in [0.5, 0.6) is 5.75 Å². The lowest BCUT2D eigenvalue weighted by Crippen LogP contribution is -2.49. The molecule has 110 valence electrons. The van der Waals surface area contributed by atoms with Gasteiger partial charge >= 0.3 is 0 Å². The number of ether oxygens (including phenoxy) is 3. The van der Waals surface area contributed by atoms with Crippen molar-refractivity contribution in [1.29, 1.82) is 0 Å². The number of nitrogens with one attached hydrogen (secondary N) is 1. The lowest BCUT2D eigenvalue weighted by molar-refractivity contribution is -0.0479. The second-order valence-corrected chi connectivity index (χ2v) is 4.57. The van der Waals surface area contributed by atoms with E-state index >= 15 is 0 Å². The molecule has 0 spiro atoms. The first-order chi connectivity index (χ1) is 9.65. The van der Waals surface area contributed by atoms with Gasteiger partial charge in [0.1, 0.15) is 6.10 Å². The molecule has 1 saturated heterocycles. The van der Waals surface area contributed by atoms with Crippen LogP contribution in [0.2, 0.25) is 0 Å². The number of hydrogen-bond acceptors (Lipinski definition) is 4. The van der Waals surface area contributed by atoms with E-state index in [4.69, 9.17) is 14.2 Å². The van der Waals surface area contributed by atoms with Crippen molar-refractivity contribution in [3.63, 3.8) is 0 Å². The van der Waals surface area contributed by atoms with Gasteiger partial charge in [0.05, 0.1) is 19.8 Å². The van der Waals surface area contributed by atoms with Gasteiger partial charge in [0.2, 0.25) is 0 Å². The maximum absolute atomic E-state index is 13.3. The number of hydrogen-bond donors (Lipinski definition) is 1. The molecule has 1 aromatic rings. The van der Waals surface area contributed by atoms with Gasteiger partial charge in [0, 0.05) is 19.3 Å². The Labute approximate surface area is 117 Å². The quantitative estimate of drug-likeness (QED) is 0.906. The SMILES string of the molecule is COc1cc(C(=O)N[C@@H]2CCOC[C@H]2OC)ccc1F. The number of amides is 1. The summed E-state index contributed by atoms with van der Waals surface area (Å²) in [7, 11) is 2.94. The van der Waals surface area contributed by atoms with Crippen molar-refractivity contribution in [3.05, 3.63) is 29.6 Å². The Hall–Kier alpha value is -1.66. The van der Waals surface area contributed by atoms with Crippen LogP contribution >= 0.6 is 0 Å². The Morgan fingerprint density at radius 2 is 2.25 bits per heavy atom. The van der Waals surface area contributed by atoms with Crippen molar-refractivity contribution >= 4 is 5.91 Å². The first-order valence-corrected chi connectivity index (χ1v) is 6.40. The second-order valence-electron chi connectivity index (χ2n) is 4.57. The summed E-state index contributed by atoms with van der Waals surface area (Å²) in [5.41, 5.74) is 0.351. The molecule has 5 nitrogen and oxygen atoms in total. The first-order valence-electron chi connectivity index (χ1n) is 6.40. The first kappa shape index (κ1) is 14.7. The molecule has 1 aliphatic heterocycles. The van der Waals surface area contributed by atoms with E-state index in [-0.39, 0.29) is 23.8 Å². The van der Waals surface area contributed by atoms with Crippen LogP contribution < -0.4 is 10.1 Å². The second kappa shape index (κ2) is 6.67. The van der Waals surface area contributed by atoms with E-state index in [2.05, 4.69) is 5.32 Å². The number of methoxy groups -OCH3 is 2. The fourth-order valence-corrected chi connectivity index (χ4v) is 2.16. The molecule has 0 bridgehead atoms. The molecule has 1 fully saturated rings. The molecule has 0 radical (unpaired) electrons. The Balaban J connectivity index is 2.07. The summed E-state index contributed by atoms with van der Waals surface area (Å²) in [6.07, 6.45) is 0.512. The molecule has 1 N–H and O–H groups in total. The summed E-state index contributed by atoms with van der Waals surface area (Å²) in [6, 6.07) is 3.91. The van der Waals surface area contributed by atoms with Gasteiger partial charge in [0.15, 0.2) is 11.6 Å². The average Bonchev–Trinajstić information content (AvgIpc) is 2.48. The Bertz CT molecular complexity index is 480. The van der Waals surface area contributed by atoms with Gasteiger partial charge in [-0.05, 0) is 24.6 Å².